The first-order valence-corrected chi connectivity index (χ1v) is 10.9. The van der Waals surface area contributed by atoms with Crippen LogP contribution in [0, 0.1) is 0 Å². The lowest BCUT2D eigenvalue weighted by Crippen LogP contribution is -2.55. The number of halogens is 2. The number of hydrazone groups is 1. The molecule has 3 aliphatic rings. The molecule has 1 amide bonds. The third kappa shape index (κ3) is 2.60. The Labute approximate surface area is 194 Å². The molecule has 3 aliphatic heterocycles. The van der Waals surface area contributed by atoms with Gasteiger partial charge in [-0.2, -0.15) is 5.10 Å². The maximum atomic E-state index is 13.5. The number of amides is 1. The van der Waals surface area contributed by atoms with Gasteiger partial charge in [-0.05, 0) is 48.0 Å². The van der Waals surface area contributed by atoms with Crippen LogP contribution >= 0.6 is 23.2 Å². The molecular weight excluding hydrogens is 449 g/mol. The van der Waals surface area contributed by atoms with Crippen LogP contribution in [-0.4, -0.2) is 23.7 Å². The van der Waals surface area contributed by atoms with Gasteiger partial charge in [-0.1, -0.05) is 41.4 Å². The molecule has 2 atom stereocenters. The first-order chi connectivity index (χ1) is 15.5. The van der Waals surface area contributed by atoms with E-state index in [1.165, 1.54) is 0 Å². The van der Waals surface area contributed by atoms with Crippen LogP contribution in [-0.2, 0) is 10.5 Å². The van der Waals surface area contributed by atoms with Gasteiger partial charge in [0, 0.05) is 17.0 Å². The number of rotatable bonds is 2. The van der Waals surface area contributed by atoms with Gasteiger partial charge in [-0.15, -0.1) is 0 Å². The average Bonchev–Trinajstić information content (AvgIpc) is 3.36. The number of carbonyl (C=O) groups excluding carboxylic acids is 1. The molecule has 0 fully saturated rings. The number of anilines is 1. The first-order valence-electron chi connectivity index (χ1n) is 10.1. The highest BCUT2D eigenvalue weighted by atomic mass is 35.5. The highest BCUT2D eigenvalue weighted by Gasteiger charge is 2.61. The number of hydrogen-bond donors (Lipinski definition) is 1. The Morgan fingerprint density at radius 1 is 1.16 bits per heavy atom. The van der Waals surface area contributed by atoms with Crippen LogP contribution in [0.2, 0.25) is 10.0 Å². The van der Waals surface area contributed by atoms with E-state index in [2.05, 4.69) is 5.32 Å². The molecule has 0 saturated heterocycles. The summed E-state index contributed by atoms with van der Waals surface area (Å²) >= 11 is 12.7. The van der Waals surface area contributed by atoms with Crippen LogP contribution < -0.4 is 14.8 Å². The summed E-state index contributed by atoms with van der Waals surface area (Å²) in [6.07, 6.45) is 0.616. The molecule has 8 heteroatoms. The smallest absolute Gasteiger partial charge is 0.306 e. The lowest BCUT2D eigenvalue weighted by atomic mass is 9.92. The van der Waals surface area contributed by atoms with Crippen molar-refractivity contribution >= 4 is 40.5 Å². The average molecular weight is 466 g/mol. The van der Waals surface area contributed by atoms with Crippen molar-refractivity contribution in [1.82, 2.24) is 5.01 Å². The fourth-order valence-corrected chi connectivity index (χ4v) is 5.21. The molecule has 6 rings (SSSR count). The summed E-state index contributed by atoms with van der Waals surface area (Å²) in [5, 5.41) is 10.3. The molecule has 1 spiro atoms. The Bertz CT molecular complexity index is 1310. The molecule has 6 nitrogen and oxygen atoms in total. The van der Waals surface area contributed by atoms with Crippen molar-refractivity contribution < 1.29 is 14.3 Å². The molecule has 0 saturated carbocycles. The van der Waals surface area contributed by atoms with E-state index >= 15 is 0 Å². The third-order valence-electron chi connectivity index (χ3n) is 6.16. The van der Waals surface area contributed by atoms with Crippen molar-refractivity contribution in [3.63, 3.8) is 0 Å². The number of ether oxygens (including phenoxy) is 2. The van der Waals surface area contributed by atoms with E-state index in [4.69, 9.17) is 37.8 Å². The summed E-state index contributed by atoms with van der Waals surface area (Å²) in [5.74, 6) is 1.05. The van der Waals surface area contributed by atoms with Gasteiger partial charge in [-0.3, -0.25) is 4.79 Å². The van der Waals surface area contributed by atoms with Crippen LogP contribution in [0.4, 0.5) is 5.69 Å². The largest absolute Gasteiger partial charge is 0.497 e. The number of benzene rings is 3. The molecule has 160 valence electrons. The second-order valence-electron chi connectivity index (χ2n) is 7.89. The second kappa shape index (κ2) is 6.89. The minimum Gasteiger partial charge on any atom is -0.497 e. The summed E-state index contributed by atoms with van der Waals surface area (Å²) in [6, 6.07) is 18.6. The number of nitrogens with zero attached hydrogens (tertiary/aromatic N) is 2. The van der Waals surface area contributed by atoms with Crippen LogP contribution in [0.5, 0.6) is 11.5 Å². The van der Waals surface area contributed by atoms with E-state index in [1.54, 1.807) is 24.3 Å². The molecule has 3 heterocycles. The van der Waals surface area contributed by atoms with Crippen molar-refractivity contribution in [3.05, 3.63) is 87.4 Å². The molecule has 0 unspecified atom stereocenters. The van der Waals surface area contributed by atoms with E-state index in [-0.39, 0.29) is 11.9 Å². The minimum absolute atomic E-state index is 0.188. The summed E-state index contributed by atoms with van der Waals surface area (Å²) in [7, 11) is 1.63. The molecule has 0 radical (unpaired) electrons. The molecule has 0 bridgehead atoms. The van der Waals surface area contributed by atoms with Crippen molar-refractivity contribution in [3.8, 4) is 11.5 Å². The van der Waals surface area contributed by atoms with E-state index in [0.29, 0.717) is 33.5 Å². The van der Waals surface area contributed by atoms with Gasteiger partial charge in [0.05, 0.1) is 35.1 Å². The summed E-state index contributed by atoms with van der Waals surface area (Å²) in [5.41, 5.74) is 2.32. The summed E-state index contributed by atoms with van der Waals surface area (Å²) in [4.78, 5) is 13.5. The maximum Gasteiger partial charge on any atom is 0.306 e. The molecule has 1 N–H and O–H groups in total. The standard InChI is InChI=1S/C24H17Cl2N3O3/c1-31-15-8-6-13(7-9-15)19-12-20-16-4-2-3-5-21(16)32-24(29(20)28-19)17-10-14(25)11-18(26)22(17)27-23(24)30/h2-11,20H,12H2,1H3,(H,27,30)/t20-,24-/m0/s1. The van der Waals surface area contributed by atoms with Crippen molar-refractivity contribution in [2.75, 3.05) is 12.4 Å². The predicted molar refractivity (Wildman–Crippen MR) is 123 cm³/mol. The SMILES string of the molecule is COc1ccc(C2=NN3[C@@H](C2)c2ccccc2O[C@@]32C(=O)Nc3c(Cl)cc(Cl)cc32)cc1. The lowest BCUT2D eigenvalue weighted by Gasteiger charge is -2.44. The zero-order valence-corrected chi connectivity index (χ0v) is 18.4. The predicted octanol–water partition coefficient (Wildman–Crippen LogP) is 5.35. The fraction of sp³-hybridized carbons (Fsp3) is 0.167. The molecule has 0 aliphatic carbocycles. The van der Waals surface area contributed by atoms with E-state index in [1.807, 2.05) is 48.5 Å². The van der Waals surface area contributed by atoms with Crippen molar-refractivity contribution in [2.24, 2.45) is 5.10 Å². The van der Waals surface area contributed by atoms with Gasteiger partial charge in [0.2, 0.25) is 0 Å². The Balaban J connectivity index is 1.56. The van der Waals surface area contributed by atoms with E-state index in [9.17, 15) is 4.79 Å². The molecule has 3 aromatic rings. The second-order valence-corrected chi connectivity index (χ2v) is 8.73. The number of fused-ring (bicyclic) bond motifs is 6. The monoisotopic (exact) mass is 465 g/mol. The minimum atomic E-state index is -1.50. The number of carbonyl (C=O) groups is 1. The van der Waals surface area contributed by atoms with Crippen LogP contribution in [0.25, 0.3) is 0 Å². The Morgan fingerprint density at radius 3 is 2.72 bits per heavy atom. The van der Waals surface area contributed by atoms with Crippen molar-refractivity contribution in [2.45, 2.75) is 18.2 Å². The molecule has 32 heavy (non-hydrogen) atoms. The molecule has 0 aromatic heterocycles. The fourth-order valence-electron chi connectivity index (χ4n) is 4.67. The van der Waals surface area contributed by atoms with Gasteiger partial charge >= 0.3 is 5.72 Å². The van der Waals surface area contributed by atoms with Gasteiger partial charge in [0.15, 0.2) is 0 Å². The van der Waals surface area contributed by atoms with E-state index in [0.717, 1.165) is 22.6 Å². The topological polar surface area (TPSA) is 63.2 Å². The Morgan fingerprint density at radius 2 is 1.94 bits per heavy atom. The van der Waals surface area contributed by atoms with Crippen LogP contribution in [0.3, 0.4) is 0 Å². The summed E-state index contributed by atoms with van der Waals surface area (Å²) < 4.78 is 11.7. The summed E-state index contributed by atoms with van der Waals surface area (Å²) in [6.45, 7) is 0. The zero-order chi connectivity index (χ0) is 22.0. The van der Waals surface area contributed by atoms with Gasteiger partial charge in [-0.25, -0.2) is 5.01 Å². The first kappa shape index (κ1) is 19.5. The highest BCUT2D eigenvalue weighted by Crippen LogP contribution is 2.55. The Hall–Kier alpha value is -3.22. The number of para-hydroxylation sites is 1. The van der Waals surface area contributed by atoms with Crippen molar-refractivity contribution in [1.29, 1.82) is 0 Å². The number of methoxy groups -OCH3 is 1. The third-order valence-corrected chi connectivity index (χ3v) is 6.67. The van der Waals surface area contributed by atoms with Gasteiger partial charge < -0.3 is 14.8 Å². The normalized spacial score (nSPS) is 22.6. The quantitative estimate of drug-likeness (QED) is 0.553. The van der Waals surface area contributed by atoms with Crippen LogP contribution in [0.15, 0.2) is 65.8 Å². The number of nitrogens with one attached hydrogen (secondary N) is 1. The zero-order valence-electron chi connectivity index (χ0n) is 16.9. The van der Waals surface area contributed by atoms with Crippen LogP contribution in [0.1, 0.15) is 29.2 Å². The molecule has 3 aromatic carbocycles. The number of hydrogen-bond acceptors (Lipinski definition) is 5. The van der Waals surface area contributed by atoms with Gasteiger partial charge in [0.1, 0.15) is 11.5 Å². The highest BCUT2D eigenvalue weighted by molar-refractivity contribution is 6.37. The maximum absolute atomic E-state index is 13.5. The van der Waals surface area contributed by atoms with E-state index < -0.39 is 5.72 Å². The molecular formula is C24H17Cl2N3O3. The lowest BCUT2D eigenvalue weighted by molar-refractivity contribution is -0.161. The van der Waals surface area contributed by atoms with Gasteiger partial charge in [0.25, 0.3) is 5.91 Å². The Kier molecular flexibility index (Phi) is 4.19.